The van der Waals surface area contributed by atoms with Crippen molar-refractivity contribution in [3.05, 3.63) is 29.8 Å². The summed E-state index contributed by atoms with van der Waals surface area (Å²) in [6.07, 6.45) is 3.16. The lowest BCUT2D eigenvalue weighted by Crippen LogP contribution is -2.33. The van der Waals surface area contributed by atoms with Gasteiger partial charge in [-0.05, 0) is 37.0 Å². The molecule has 1 atom stereocenters. The lowest BCUT2D eigenvalue weighted by atomic mass is 10.2. The van der Waals surface area contributed by atoms with Crippen molar-refractivity contribution in [2.24, 2.45) is 0 Å². The van der Waals surface area contributed by atoms with Crippen molar-refractivity contribution < 1.29 is 9.84 Å². The van der Waals surface area contributed by atoms with E-state index in [1.165, 1.54) is 18.4 Å². The normalized spacial score (nSPS) is 16.9. The molecule has 0 radical (unpaired) electrons. The Balaban J connectivity index is 1.94. The Morgan fingerprint density at radius 1 is 1.33 bits per heavy atom. The van der Waals surface area contributed by atoms with Crippen molar-refractivity contribution in [3.63, 3.8) is 0 Å². The van der Waals surface area contributed by atoms with Crippen LogP contribution in [0.25, 0.3) is 0 Å². The lowest BCUT2D eigenvalue weighted by molar-refractivity contribution is 0.101. The van der Waals surface area contributed by atoms with Crippen molar-refractivity contribution >= 4 is 0 Å². The lowest BCUT2D eigenvalue weighted by Gasteiger charge is -2.24. The quantitative estimate of drug-likeness (QED) is 0.805. The van der Waals surface area contributed by atoms with Crippen molar-refractivity contribution in [1.82, 2.24) is 4.90 Å². The average Bonchev–Trinajstić information content (AvgIpc) is 3.23. The van der Waals surface area contributed by atoms with Gasteiger partial charge in [-0.1, -0.05) is 19.1 Å². The molecule has 0 unspecified atom stereocenters. The molecule has 100 valence electrons. The summed E-state index contributed by atoms with van der Waals surface area (Å²) in [5.74, 6) is 0.894. The zero-order chi connectivity index (χ0) is 13.0. The van der Waals surface area contributed by atoms with E-state index in [1.807, 2.05) is 19.1 Å². The predicted octanol–water partition coefficient (Wildman–Crippen LogP) is 2.43. The molecule has 0 aliphatic heterocycles. The highest BCUT2D eigenvalue weighted by Gasteiger charge is 2.29. The number of methoxy groups -OCH3 is 1. The Labute approximate surface area is 109 Å². The molecule has 18 heavy (non-hydrogen) atoms. The fourth-order valence-electron chi connectivity index (χ4n) is 2.15. The van der Waals surface area contributed by atoms with Gasteiger partial charge in [0.1, 0.15) is 5.75 Å². The second-order valence-electron chi connectivity index (χ2n) is 5.07. The van der Waals surface area contributed by atoms with Crippen LogP contribution < -0.4 is 4.74 Å². The number of aliphatic hydroxyl groups is 1. The van der Waals surface area contributed by atoms with Crippen LogP contribution in [0.5, 0.6) is 5.75 Å². The number of ether oxygens (including phenoxy) is 1. The smallest absolute Gasteiger partial charge is 0.118 e. The minimum atomic E-state index is -0.205. The standard InChI is InChI=1S/C15H23NO2/c1-3-14(17)11-16(13-6-7-13)10-12-4-8-15(18-2)9-5-12/h4-5,8-9,13-14,17H,3,6-7,10-11H2,1-2H3/t14-/m1/s1. The Morgan fingerprint density at radius 3 is 2.50 bits per heavy atom. The number of benzene rings is 1. The van der Waals surface area contributed by atoms with Crippen molar-refractivity contribution in [2.45, 2.75) is 44.9 Å². The van der Waals surface area contributed by atoms with Gasteiger partial charge < -0.3 is 9.84 Å². The van der Waals surface area contributed by atoms with Crippen LogP contribution in [0.15, 0.2) is 24.3 Å². The molecule has 2 rings (SSSR count). The molecule has 0 aromatic heterocycles. The molecule has 1 aliphatic carbocycles. The summed E-state index contributed by atoms with van der Waals surface area (Å²) in [6.45, 7) is 3.74. The first kappa shape index (κ1) is 13.4. The second kappa shape index (κ2) is 6.21. The van der Waals surface area contributed by atoms with Crippen molar-refractivity contribution in [2.75, 3.05) is 13.7 Å². The highest BCUT2D eigenvalue weighted by atomic mass is 16.5. The maximum absolute atomic E-state index is 9.80. The minimum absolute atomic E-state index is 0.205. The van der Waals surface area contributed by atoms with Crippen LogP contribution in [0.2, 0.25) is 0 Å². The molecule has 3 nitrogen and oxygen atoms in total. The molecule has 0 amide bonds. The molecule has 1 aromatic carbocycles. The van der Waals surface area contributed by atoms with E-state index in [4.69, 9.17) is 4.74 Å². The summed E-state index contributed by atoms with van der Waals surface area (Å²) in [5.41, 5.74) is 1.28. The van der Waals surface area contributed by atoms with E-state index in [2.05, 4.69) is 17.0 Å². The molecule has 1 saturated carbocycles. The summed E-state index contributed by atoms with van der Waals surface area (Å²) < 4.78 is 5.16. The van der Waals surface area contributed by atoms with Gasteiger partial charge in [0.05, 0.1) is 13.2 Å². The van der Waals surface area contributed by atoms with Gasteiger partial charge in [0, 0.05) is 19.1 Å². The first-order valence-corrected chi connectivity index (χ1v) is 6.78. The summed E-state index contributed by atoms with van der Waals surface area (Å²) in [5, 5.41) is 9.80. The van der Waals surface area contributed by atoms with Gasteiger partial charge in [-0.3, -0.25) is 4.90 Å². The van der Waals surface area contributed by atoms with E-state index in [-0.39, 0.29) is 6.10 Å². The molecule has 0 bridgehead atoms. The molecule has 1 aliphatic rings. The minimum Gasteiger partial charge on any atom is -0.497 e. The van der Waals surface area contributed by atoms with E-state index in [1.54, 1.807) is 7.11 Å². The van der Waals surface area contributed by atoms with Gasteiger partial charge in [0.25, 0.3) is 0 Å². The monoisotopic (exact) mass is 249 g/mol. The van der Waals surface area contributed by atoms with Crippen molar-refractivity contribution in [3.8, 4) is 5.75 Å². The van der Waals surface area contributed by atoms with E-state index < -0.39 is 0 Å². The number of rotatable bonds is 7. The summed E-state index contributed by atoms with van der Waals surface area (Å²) in [4.78, 5) is 2.40. The zero-order valence-corrected chi connectivity index (χ0v) is 11.3. The Morgan fingerprint density at radius 2 is 2.00 bits per heavy atom. The SMILES string of the molecule is CC[C@@H](O)CN(Cc1ccc(OC)cc1)C1CC1. The van der Waals surface area contributed by atoms with Crippen molar-refractivity contribution in [1.29, 1.82) is 0 Å². The number of aliphatic hydroxyl groups excluding tert-OH is 1. The van der Waals surface area contributed by atoms with Crippen LogP contribution in [-0.2, 0) is 6.54 Å². The summed E-state index contributed by atoms with van der Waals surface area (Å²) >= 11 is 0. The Hall–Kier alpha value is -1.06. The highest BCUT2D eigenvalue weighted by Crippen LogP contribution is 2.28. The maximum atomic E-state index is 9.80. The highest BCUT2D eigenvalue weighted by molar-refractivity contribution is 5.27. The average molecular weight is 249 g/mol. The first-order chi connectivity index (χ1) is 8.72. The van der Waals surface area contributed by atoms with E-state index in [0.29, 0.717) is 6.04 Å². The largest absolute Gasteiger partial charge is 0.497 e. The van der Waals surface area contributed by atoms with Crippen LogP contribution in [0, 0.1) is 0 Å². The van der Waals surface area contributed by atoms with Crippen LogP contribution in [0.1, 0.15) is 31.7 Å². The van der Waals surface area contributed by atoms with Gasteiger partial charge in [-0.25, -0.2) is 0 Å². The molecule has 0 saturated heterocycles. The molecule has 1 N–H and O–H groups in total. The van der Waals surface area contributed by atoms with Gasteiger partial charge in [0.2, 0.25) is 0 Å². The Bertz CT molecular complexity index is 359. The Kier molecular flexibility index (Phi) is 4.61. The molecule has 1 fully saturated rings. The third kappa shape index (κ3) is 3.72. The topological polar surface area (TPSA) is 32.7 Å². The van der Waals surface area contributed by atoms with Crippen LogP contribution in [0.3, 0.4) is 0 Å². The van der Waals surface area contributed by atoms with Gasteiger partial charge in [0.15, 0.2) is 0 Å². The fourth-order valence-corrected chi connectivity index (χ4v) is 2.15. The molecular weight excluding hydrogens is 226 g/mol. The van der Waals surface area contributed by atoms with E-state index >= 15 is 0 Å². The molecule has 0 heterocycles. The third-order valence-corrected chi connectivity index (χ3v) is 3.52. The number of hydrogen-bond acceptors (Lipinski definition) is 3. The van der Waals surface area contributed by atoms with E-state index in [0.717, 1.165) is 25.3 Å². The maximum Gasteiger partial charge on any atom is 0.118 e. The molecule has 1 aromatic rings. The van der Waals surface area contributed by atoms with Gasteiger partial charge in [-0.2, -0.15) is 0 Å². The predicted molar refractivity (Wildman–Crippen MR) is 72.7 cm³/mol. The molecule has 0 spiro atoms. The van der Waals surface area contributed by atoms with Gasteiger partial charge >= 0.3 is 0 Å². The van der Waals surface area contributed by atoms with Crippen LogP contribution >= 0.6 is 0 Å². The number of hydrogen-bond donors (Lipinski definition) is 1. The van der Waals surface area contributed by atoms with Crippen LogP contribution in [0.4, 0.5) is 0 Å². The third-order valence-electron chi connectivity index (χ3n) is 3.52. The summed E-state index contributed by atoms with van der Waals surface area (Å²) in [7, 11) is 1.68. The first-order valence-electron chi connectivity index (χ1n) is 6.78. The van der Waals surface area contributed by atoms with E-state index in [9.17, 15) is 5.11 Å². The zero-order valence-electron chi connectivity index (χ0n) is 11.3. The number of nitrogens with zero attached hydrogens (tertiary/aromatic N) is 1. The fraction of sp³-hybridized carbons (Fsp3) is 0.600. The summed E-state index contributed by atoms with van der Waals surface area (Å²) in [6, 6.07) is 8.88. The molecular formula is C15H23NO2. The second-order valence-corrected chi connectivity index (χ2v) is 5.07. The van der Waals surface area contributed by atoms with Gasteiger partial charge in [-0.15, -0.1) is 0 Å². The molecule has 3 heteroatoms. The van der Waals surface area contributed by atoms with Crippen LogP contribution in [-0.4, -0.2) is 35.8 Å².